The molecule has 19 heavy (non-hydrogen) atoms. The first-order valence-electron chi connectivity index (χ1n) is 5.49. The molecule has 0 saturated carbocycles. The lowest BCUT2D eigenvalue weighted by atomic mass is 10.2. The van der Waals surface area contributed by atoms with Crippen LogP contribution in [0.5, 0.6) is 11.5 Å². The fraction of sp³-hybridized carbons (Fsp3) is 0.0714. The summed E-state index contributed by atoms with van der Waals surface area (Å²) in [4.78, 5) is 4.17. The largest absolute Gasteiger partial charge is 0.506 e. The van der Waals surface area contributed by atoms with E-state index in [0.717, 1.165) is 10.0 Å². The van der Waals surface area contributed by atoms with Gasteiger partial charge >= 0.3 is 0 Å². The monoisotopic (exact) mass is 339 g/mol. The average Bonchev–Trinajstić information content (AvgIpc) is 2.35. The van der Waals surface area contributed by atoms with Crippen molar-refractivity contribution in [3.63, 3.8) is 0 Å². The minimum Gasteiger partial charge on any atom is -0.506 e. The van der Waals surface area contributed by atoms with Gasteiger partial charge in [-0.1, -0.05) is 33.6 Å². The van der Waals surface area contributed by atoms with Crippen molar-refractivity contribution in [3.05, 3.63) is 51.0 Å². The number of aryl methyl sites for hydroxylation is 1. The van der Waals surface area contributed by atoms with Crippen LogP contribution in [-0.2, 0) is 0 Å². The van der Waals surface area contributed by atoms with Gasteiger partial charge in [-0.05, 0) is 36.8 Å². The van der Waals surface area contributed by atoms with Gasteiger partial charge in [0.2, 0.25) is 0 Å². The second-order valence-corrected chi connectivity index (χ2v) is 5.40. The van der Waals surface area contributed by atoms with Crippen LogP contribution in [0.1, 0.15) is 11.1 Å². The molecule has 2 aromatic carbocycles. The van der Waals surface area contributed by atoms with Crippen LogP contribution in [-0.4, -0.2) is 16.4 Å². The summed E-state index contributed by atoms with van der Waals surface area (Å²) in [6, 6.07) is 8.41. The second kappa shape index (κ2) is 5.63. The molecule has 3 nitrogen and oxygen atoms in total. The molecule has 0 aliphatic carbocycles. The Balaban J connectivity index is 2.40. The number of halogens is 2. The van der Waals surface area contributed by atoms with Gasteiger partial charge < -0.3 is 10.2 Å². The van der Waals surface area contributed by atoms with Gasteiger partial charge in [0.25, 0.3) is 0 Å². The van der Waals surface area contributed by atoms with Gasteiger partial charge in [-0.25, -0.2) is 0 Å². The number of hydrogen-bond acceptors (Lipinski definition) is 3. The minimum absolute atomic E-state index is 0.0410. The van der Waals surface area contributed by atoms with E-state index in [1.807, 2.05) is 6.92 Å². The first-order valence-corrected chi connectivity index (χ1v) is 6.66. The fourth-order valence-electron chi connectivity index (χ4n) is 1.56. The maximum absolute atomic E-state index is 9.82. The lowest BCUT2D eigenvalue weighted by Crippen LogP contribution is -1.84. The molecule has 2 aromatic rings. The van der Waals surface area contributed by atoms with Gasteiger partial charge in [-0.3, -0.25) is 4.99 Å². The molecule has 0 heterocycles. The fourth-order valence-corrected chi connectivity index (χ4v) is 2.39. The molecule has 0 atom stereocenters. The molecule has 0 fully saturated rings. The molecule has 0 amide bonds. The van der Waals surface area contributed by atoms with Crippen LogP contribution in [0.25, 0.3) is 0 Å². The van der Waals surface area contributed by atoms with Gasteiger partial charge in [-0.2, -0.15) is 0 Å². The zero-order valence-electron chi connectivity index (χ0n) is 10.1. The number of aromatic hydroxyl groups is 2. The molecule has 0 aliphatic rings. The predicted octanol–water partition coefficient (Wildman–Crippen LogP) is 4.57. The highest BCUT2D eigenvalue weighted by Gasteiger charge is 2.06. The molecule has 0 saturated heterocycles. The molecule has 98 valence electrons. The summed E-state index contributed by atoms with van der Waals surface area (Å²) in [5.41, 5.74) is 1.90. The lowest BCUT2D eigenvalue weighted by molar-refractivity contribution is 0.474. The standard InChI is InChI=1S/C14H11BrClNO2/c1-8-2-3-13(18)12(4-8)17-7-9-5-10(15)6-11(16)14(9)19/h2-7,18-19H,1H3. The van der Waals surface area contributed by atoms with Crippen molar-refractivity contribution in [1.82, 2.24) is 0 Å². The van der Waals surface area contributed by atoms with Crippen molar-refractivity contribution in [1.29, 1.82) is 0 Å². The molecule has 0 unspecified atom stereocenters. The van der Waals surface area contributed by atoms with Crippen LogP contribution in [0.4, 0.5) is 5.69 Å². The normalized spacial score (nSPS) is 11.1. The highest BCUT2D eigenvalue weighted by molar-refractivity contribution is 9.10. The Morgan fingerprint density at radius 2 is 1.95 bits per heavy atom. The van der Waals surface area contributed by atoms with Crippen LogP contribution in [0.3, 0.4) is 0 Å². The highest BCUT2D eigenvalue weighted by Crippen LogP contribution is 2.32. The smallest absolute Gasteiger partial charge is 0.143 e. The SMILES string of the molecule is Cc1ccc(O)c(N=Cc2cc(Br)cc(Cl)c2O)c1. The average molecular weight is 341 g/mol. The molecule has 0 radical (unpaired) electrons. The zero-order valence-corrected chi connectivity index (χ0v) is 12.4. The van der Waals surface area contributed by atoms with Crippen molar-refractivity contribution < 1.29 is 10.2 Å². The Kier molecular flexibility index (Phi) is 4.12. The van der Waals surface area contributed by atoms with Gasteiger partial charge in [0, 0.05) is 16.3 Å². The van der Waals surface area contributed by atoms with E-state index in [2.05, 4.69) is 20.9 Å². The third-order valence-corrected chi connectivity index (χ3v) is 3.28. The summed E-state index contributed by atoms with van der Waals surface area (Å²) in [5, 5.41) is 19.7. The molecule has 0 aliphatic heterocycles. The molecule has 0 aromatic heterocycles. The van der Waals surface area contributed by atoms with E-state index >= 15 is 0 Å². The van der Waals surface area contributed by atoms with Crippen molar-refractivity contribution in [2.24, 2.45) is 4.99 Å². The number of phenols is 2. The van der Waals surface area contributed by atoms with E-state index in [0.29, 0.717) is 11.3 Å². The Labute approximate surface area is 124 Å². The first-order chi connectivity index (χ1) is 8.97. The molecule has 2 N–H and O–H groups in total. The first kappa shape index (κ1) is 13.9. The maximum atomic E-state index is 9.82. The highest BCUT2D eigenvalue weighted by atomic mass is 79.9. The number of aliphatic imine (C=N–C) groups is 1. The molecule has 5 heteroatoms. The van der Waals surface area contributed by atoms with E-state index < -0.39 is 0 Å². The number of phenolic OH excluding ortho intramolecular Hbond substituents is 2. The van der Waals surface area contributed by atoms with Crippen LogP contribution < -0.4 is 0 Å². The molecule has 0 spiro atoms. The van der Waals surface area contributed by atoms with Gasteiger partial charge in [0.05, 0.1) is 5.02 Å². The van der Waals surface area contributed by atoms with Crippen molar-refractivity contribution >= 4 is 39.4 Å². The Bertz CT molecular complexity index is 656. The zero-order chi connectivity index (χ0) is 14.0. The van der Waals surface area contributed by atoms with Crippen molar-refractivity contribution in [2.75, 3.05) is 0 Å². The molecule has 0 bridgehead atoms. The Morgan fingerprint density at radius 1 is 1.21 bits per heavy atom. The summed E-state index contributed by atoms with van der Waals surface area (Å²) < 4.78 is 0.741. The van der Waals surface area contributed by atoms with E-state index in [-0.39, 0.29) is 16.5 Å². The molecular weight excluding hydrogens is 330 g/mol. The molecule has 2 rings (SSSR count). The van der Waals surface area contributed by atoms with E-state index in [9.17, 15) is 10.2 Å². The van der Waals surface area contributed by atoms with E-state index in [1.54, 1.807) is 30.3 Å². The van der Waals surface area contributed by atoms with Crippen LogP contribution in [0.15, 0.2) is 39.8 Å². The van der Waals surface area contributed by atoms with Crippen LogP contribution >= 0.6 is 27.5 Å². The minimum atomic E-state index is -0.0410. The quantitative estimate of drug-likeness (QED) is 0.787. The Hall–Kier alpha value is -1.52. The number of benzene rings is 2. The summed E-state index contributed by atoms with van der Waals surface area (Å²) in [5.74, 6) is 0.0446. The number of rotatable bonds is 2. The van der Waals surface area contributed by atoms with Gasteiger partial charge in [-0.15, -0.1) is 0 Å². The van der Waals surface area contributed by atoms with Crippen LogP contribution in [0.2, 0.25) is 5.02 Å². The maximum Gasteiger partial charge on any atom is 0.143 e. The topological polar surface area (TPSA) is 52.8 Å². The van der Waals surface area contributed by atoms with E-state index in [1.165, 1.54) is 6.21 Å². The third-order valence-electron chi connectivity index (χ3n) is 2.53. The van der Waals surface area contributed by atoms with Crippen LogP contribution in [0, 0.1) is 6.92 Å². The van der Waals surface area contributed by atoms with Crippen molar-refractivity contribution in [2.45, 2.75) is 6.92 Å². The summed E-state index contributed by atoms with van der Waals surface area (Å²) in [6.45, 7) is 1.91. The number of nitrogens with zero attached hydrogens (tertiary/aromatic N) is 1. The third kappa shape index (κ3) is 3.28. The lowest BCUT2D eigenvalue weighted by Gasteiger charge is -2.03. The van der Waals surface area contributed by atoms with Gasteiger partial charge in [0.15, 0.2) is 0 Å². The molecular formula is C14H11BrClNO2. The predicted molar refractivity (Wildman–Crippen MR) is 80.9 cm³/mol. The van der Waals surface area contributed by atoms with E-state index in [4.69, 9.17) is 11.6 Å². The van der Waals surface area contributed by atoms with Gasteiger partial charge in [0.1, 0.15) is 17.2 Å². The summed E-state index contributed by atoms with van der Waals surface area (Å²) in [6.07, 6.45) is 1.46. The number of hydrogen-bond donors (Lipinski definition) is 2. The Morgan fingerprint density at radius 3 is 2.68 bits per heavy atom. The summed E-state index contributed by atoms with van der Waals surface area (Å²) >= 11 is 9.16. The summed E-state index contributed by atoms with van der Waals surface area (Å²) in [7, 11) is 0. The van der Waals surface area contributed by atoms with Crippen molar-refractivity contribution in [3.8, 4) is 11.5 Å². The second-order valence-electron chi connectivity index (χ2n) is 4.08.